The number of carbonyl (C=O) groups is 2. The average Bonchev–Trinajstić information content (AvgIpc) is 3.37. The molecule has 3 N–H and O–H groups in total. The summed E-state index contributed by atoms with van der Waals surface area (Å²) >= 11 is 0. The van der Waals surface area contributed by atoms with Gasteiger partial charge in [-0.05, 0) is 48.4 Å². The van der Waals surface area contributed by atoms with E-state index in [1.54, 1.807) is 16.9 Å². The Morgan fingerprint density at radius 1 is 1.19 bits per heavy atom. The van der Waals surface area contributed by atoms with Crippen molar-refractivity contribution in [2.75, 3.05) is 12.3 Å². The first-order valence-corrected chi connectivity index (χ1v) is 10.2. The molecule has 1 aromatic carbocycles. The van der Waals surface area contributed by atoms with Crippen molar-refractivity contribution in [3.8, 4) is 0 Å². The van der Waals surface area contributed by atoms with E-state index in [1.165, 1.54) is 0 Å². The van der Waals surface area contributed by atoms with Crippen molar-refractivity contribution in [2.24, 2.45) is 0 Å². The average molecular weight is 414 g/mol. The molecule has 8 nitrogen and oxygen atoms in total. The van der Waals surface area contributed by atoms with Crippen molar-refractivity contribution in [1.82, 2.24) is 24.6 Å². The third-order valence-electron chi connectivity index (χ3n) is 5.58. The van der Waals surface area contributed by atoms with Gasteiger partial charge in [0.2, 0.25) is 0 Å². The first-order valence-electron chi connectivity index (χ1n) is 10.2. The Bertz CT molecular complexity index is 1300. The van der Waals surface area contributed by atoms with Gasteiger partial charge in [0.15, 0.2) is 5.78 Å². The fourth-order valence-electron chi connectivity index (χ4n) is 3.96. The van der Waals surface area contributed by atoms with E-state index in [0.29, 0.717) is 30.1 Å². The van der Waals surface area contributed by atoms with E-state index in [1.807, 2.05) is 54.1 Å². The fourth-order valence-corrected chi connectivity index (χ4v) is 3.96. The Balaban J connectivity index is 1.36. The van der Waals surface area contributed by atoms with Crippen LogP contribution in [-0.4, -0.2) is 37.6 Å². The summed E-state index contributed by atoms with van der Waals surface area (Å²) in [6.07, 6.45) is 3.79. The van der Waals surface area contributed by atoms with Crippen molar-refractivity contribution in [3.05, 3.63) is 77.4 Å². The van der Waals surface area contributed by atoms with Gasteiger partial charge in [0, 0.05) is 30.2 Å². The maximum absolute atomic E-state index is 12.9. The summed E-state index contributed by atoms with van der Waals surface area (Å²) in [5, 5.41) is 8.09. The molecular formula is C23H22N6O2. The topological polar surface area (TPSA) is 108 Å². The van der Waals surface area contributed by atoms with E-state index in [2.05, 4.69) is 15.4 Å². The monoisotopic (exact) mass is 414 g/mol. The molecule has 1 atom stereocenters. The van der Waals surface area contributed by atoms with Gasteiger partial charge in [-0.1, -0.05) is 12.1 Å². The summed E-state index contributed by atoms with van der Waals surface area (Å²) in [5.41, 5.74) is 9.99. The smallest absolute Gasteiger partial charge is 0.268 e. The number of amides is 1. The molecular weight excluding hydrogens is 392 g/mol. The van der Waals surface area contributed by atoms with Crippen LogP contribution in [0.15, 0.2) is 54.9 Å². The van der Waals surface area contributed by atoms with Gasteiger partial charge in [0.05, 0.1) is 18.8 Å². The number of anilines is 1. The number of Topliss-reactive ketones (excluding diaryl/α,β-unsaturated/α-hetero) is 1. The SMILES string of the molecule is C[C@@H]1CNC(=O)c2cc3ccc(C(=O)Cc4cnn(Cc5ccc(N)cc5)c4)nc3n21. The van der Waals surface area contributed by atoms with Crippen LogP contribution in [0, 0.1) is 0 Å². The molecule has 5 rings (SSSR count). The maximum atomic E-state index is 12.9. The standard InChI is InChI=1S/C23H22N6O2/c1-14-10-25-23(31)20-9-17-4-7-19(27-22(17)29(14)20)21(30)8-16-11-26-28(13-16)12-15-2-5-18(24)6-3-15/h2-7,9,11,13-14H,8,10,12,24H2,1H3,(H,25,31)/t14-/m1/s1. The number of hydrogen-bond acceptors (Lipinski definition) is 5. The van der Waals surface area contributed by atoms with Crippen LogP contribution >= 0.6 is 0 Å². The molecule has 1 aliphatic rings. The van der Waals surface area contributed by atoms with Crippen LogP contribution in [0.25, 0.3) is 11.0 Å². The zero-order valence-electron chi connectivity index (χ0n) is 17.1. The summed E-state index contributed by atoms with van der Waals surface area (Å²) < 4.78 is 3.71. The Morgan fingerprint density at radius 2 is 2.00 bits per heavy atom. The number of carbonyl (C=O) groups excluding carboxylic acids is 2. The van der Waals surface area contributed by atoms with Crippen LogP contribution in [0.2, 0.25) is 0 Å². The molecule has 1 amide bonds. The van der Waals surface area contributed by atoms with Gasteiger partial charge in [0.25, 0.3) is 5.91 Å². The summed E-state index contributed by atoms with van der Waals surface area (Å²) in [5.74, 6) is -0.199. The van der Waals surface area contributed by atoms with E-state index < -0.39 is 0 Å². The van der Waals surface area contributed by atoms with E-state index in [9.17, 15) is 9.59 Å². The minimum absolute atomic E-state index is 0.0784. The minimum Gasteiger partial charge on any atom is -0.399 e. The predicted octanol–water partition coefficient (Wildman–Crippen LogP) is 2.59. The largest absolute Gasteiger partial charge is 0.399 e. The number of fused-ring (bicyclic) bond motifs is 3. The molecule has 0 saturated carbocycles. The second kappa shape index (κ2) is 7.39. The second-order valence-electron chi connectivity index (χ2n) is 7.96. The van der Waals surface area contributed by atoms with Gasteiger partial charge in [-0.3, -0.25) is 14.3 Å². The molecule has 31 heavy (non-hydrogen) atoms. The lowest BCUT2D eigenvalue weighted by molar-refractivity contribution is 0.0918. The van der Waals surface area contributed by atoms with Crippen LogP contribution < -0.4 is 11.1 Å². The molecule has 8 heteroatoms. The minimum atomic E-state index is -0.113. The highest BCUT2D eigenvalue weighted by molar-refractivity contribution is 6.01. The molecule has 156 valence electrons. The van der Waals surface area contributed by atoms with Crippen molar-refractivity contribution in [2.45, 2.75) is 25.9 Å². The summed E-state index contributed by atoms with van der Waals surface area (Å²) in [6.45, 7) is 3.17. The lowest BCUT2D eigenvalue weighted by Gasteiger charge is -2.23. The van der Waals surface area contributed by atoms with Gasteiger partial charge < -0.3 is 15.6 Å². The van der Waals surface area contributed by atoms with Gasteiger partial charge in [-0.2, -0.15) is 5.10 Å². The highest BCUT2D eigenvalue weighted by atomic mass is 16.2. The summed E-state index contributed by atoms with van der Waals surface area (Å²) in [6, 6.07) is 13.1. The third-order valence-corrected chi connectivity index (χ3v) is 5.58. The second-order valence-corrected chi connectivity index (χ2v) is 7.96. The van der Waals surface area contributed by atoms with Crippen LogP contribution in [0.3, 0.4) is 0 Å². The highest BCUT2D eigenvalue weighted by Crippen LogP contribution is 2.25. The lowest BCUT2D eigenvalue weighted by atomic mass is 10.1. The fraction of sp³-hybridized carbons (Fsp3) is 0.217. The van der Waals surface area contributed by atoms with Crippen molar-refractivity contribution in [1.29, 1.82) is 0 Å². The van der Waals surface area contributed by atoms with E-state index in [0.717, 1.165) is 22.2 Å². The summed E-state index contributed by atoms with van der Waals surface area (Å²) in [4.78, 5) is 29.7. The van der Waals surface area contributed by atoms with Crippen LogP contribution in [0.5, 0.6) is 0 Å². The molecule has 0 radical (unpaired) electrons. The number of nitrogens with one attached hydrogen (secondary N) is 1. The highest BCUT2D eigenvalue weighted by Gasteiger charge is 2.25. The molecule has 0 aliphatic carbocycles. The number of nitrogens with two attached hydrogens (primary N) is 1. The zero-order chi connectivity index (χ0) is 21.5. The van der Waals surface area contributed by atoms with Crippen molar-refractivity contribution >= 4 is 28.4 Å². The number of aromatic nitrogens is 4. The molecule has 0 unspecified atom stereocenters. The van der Waals surface area contributed by atoms with Gasteiger partial charge in [0.1, 0.15) is 17.0 Å². The first kappa shape index (κ1) is 19.0. The predicted molar refractivity (Wildman–Crippen MR) is 117 cm³/mol. The molecule has 4 aromatic rings. The van der Waals surface area contributed by atoms with Crippen molar-refractivity contribution in [3.63, 3.8) is 0 Å². The molecule has 0 bridgehead atoms. The number of nitrogens with zero attached hydrogens (tertiary/aromatic N) is 4. The van der Waals surface area contributed by atoms with E-state index >= 15 is 0 Å². The number of hydrogen-bond donors (Lipinski definition) is 2. The molecule has 0 fully saturated rings. The molecule has 1 aliphatic heterocycles. The van der Waals surface area contributed by atoms with Crippen molar-refractivity contribution < 1.29 is 9.59 Å². The normalized spacial score (nSPS) is 15.6. The third kappa shape index (κ3) is 3.56. The number of pyridine rings is 1. The van der Waals surface area contributed by atoms with E-state index in [4.69, 9.17) is 5.73 Å². The van der Waals surface area contributed by atoms with Gasteiger partial charge in [-0.25, -0.2) is 4.98 Å². The molecule has 4 heterocycles. The number of ketones is 1. The Labute approximate surface area is 178 Å². The lowest BCUT2D eigenvalue weighted by Crippen LogP contribution is -2.37. The molecule has 0 spiro atoms. The number of benzene rings is 1. The number of nitrogen functional groups attached to an aromatic ring is 1. The van der Waals surface area contributed by atoms with Crippen LogP contribution in [0.4, 0.5) is 5.69 Å². The van der Waals surface area contributed by atoms with E-state index in [-0.39, 0.29) is 24.2 Å². The summed E-state index contributed by atoms with van der Waals surface area (Å²) in [7, 11) is 0. The van der Waals surface area contributed by atoms with Gasteiger partial charge >= 0.3 is 0 Å². The first-order chi connectivity index (χ1) is 15.0. The number of rotatable bonds is 5. The maximum Gasteiger partial charge on any atom is 0.268 e. The zero-order valence-corrected chi connectivity index (χ0v) is 17.1. The quantitative estimate of drug-likeness (QED) is 0.385. The Hall–Kier alpha value is -3.94. The van der Waals surface area contributed by atoms with Gasteiger partial charge in [-0.15, -0.1) is 0 Å². The molecule has 0 saturated heterocycles. The van der Waals surface area contributed by atoms with Crippen LogP contribution in [0.1, 0.15) is 45.1 Å². The molecule has 3 aromatic heterocycles. The Morgan fingerprint density at radius 3 is 2.81 bits per heavy atom. The Kier molecular flexibility index (Phi) is 4.54. The van der Waals surface area contributed by atoms with Crippen LogP contribution in [-0.2, 0) is 13.0 Å².